The summed E-state index contributed by atoms with van der Waals surface area (Å²) in [4.78, 5) is 67.3. The quantitative estimate of drug-likeness (QED) is 0.160. The van der Waals surface area contributed by atoms with Crippen LogP contribution in [0, 0.1) is 11.8 Å². The van der Waals surface area contributed by atoms with Crippen LogP contribution >= 0.6 is 11.8 Å². The highest BCUT2D eigenvalue weighted by molar-refractivity contribution is 8.02. The molecule has 3 N–H and O–H groups in total. The molecule has 2 aromatic rings. The van der Waals surface area contributed by atoms with Crippen molar-refractivity contribution in [2.24, 2.45) is 11.8 Å². The number of carbonyl (C=O) groups excluding carboxylic acids is 5. The number of thioether (sulfide) groups is 1. The summed E-state index contributed by atoms with van der Waals surface area (Å²) in [6.07, 6.45) is 4.97. The van der Waals surface area contributed by atoms with Gasteiger partial charge in [-0.05, 0) is 76.1 Å². The lowest BCUT2D eigenvalue weighted by molar-refractivity contribution is -0.157. The third-order valence-corrected chi connectivity index (χ3v) is 8.80. The number of benzene rings is 1. The molecule has 2 saturated carbocycles. The minimum atomic E-state index is -0.940. The molecular formula is C33H43N5O8S. The number of hydrogen-bond acceptors (Lipinski definition) is 10. The number of fused-ring (bicyclic) bond motifs is 1. The summed E-state index contributed by atoms with van der Waals surface area (Å²) in [5, 5.41) is 4.98. The van der Waals surface area contributed by atoms with Crippen LogP contribution in [-0.2, 0) is 19.1 Å². The number of amides is 4. The van der Waals surface area contributed by atoms with E-state index in [9.17, 15) is 24.0 Å². The number of rotatable bonds is 13. The standard InChI is InChI=1S/C33H43N5O8S/c1-19(2)15-37(22-8-9-22)32-38(23(16-39)18-47-32)31(43)36-35-29(41)25(12-20-6-7-20)34-30(42)27-14-21-13-24(10-11-26(21)45-27)44-17-28(40)46-33(3,4)5/h10-11,13-14,16,18-20,22,25,32H,6-9,12,15,17H2,1-5H3,(H,34,42)(H,35,41)(H,36,43)/t25-,32?/m0/s1. The van der Waals surface area contributed by atoms with Crippen LogP contribution in [0.5, 0.6) is 5.75 Å². The smallest absolute Gasteiger partial charge is 0.344 e. The van der Waals surface area contributed by atoms with E-state index in [-0.39, 0.29) is 24.0 Å². The zero-order valence-corrected chi connectivity index (χ0v) is 28.2. The molecule has 1 aromatic carbocycles. The maximum absolute atomic E-state index is 13.4. The molecule has 0 radical (unpaired) electrons. The second kappa shape index (κ2) is 14.4. The molecule has 47 heavy (non-hydrogen) atoms. The van der Waals surface area contributed by atoms with E-state index < -0.39 is 41.0 Å². The van der Waals surface area contributed by atoms with Crippen molar-refractivity contribution >= 4 is 52.8 Å². The third kappa shape index (κ3) is 9.28. The van der Waals surface area contributed by atoms with Gasteiger partial charge in [0.25, 0.3) is 11.8 Å². The first-order valence-electron chi connectivity index (χ1n) is 16.0. The van der Waals surface area contributed by atoms with E-state index >= 15 is 0 Å². The van der Waals surface area contributed by atoms with E-state index in [1.54, 1.807) is 44.4 Å². The van der Waals surface area contributed by atoms with Crippen LogP contribution in [0.2, 0.25) is 0 Å². The number of urea groups is 1. The second-order valence-electron chi connectivity index (χ2n) is 13.6. The molecule has 1 aromatic heterocycles. The molecule has 2 heterocycles. The summed E-state index contributed by atoms with van der Waals surface area (Å²) in [6.45, 7) is 10.0. The Balaban J connectivity index is 1.20. The molecule has 0 spiro atoms. The van der Waals surface area contributed by atoms with Crippen LogP contribution in [0.4, 0.5) is 4.79 Å². The first-order valence-corrected chi connectivity index (χ1v) is 16.9. The average molecular weight is 670 g/mol. The van der Waals surface area contributed by atoms with Crippen LogP contribution in [-0.4, -0.2) is 76.2 Å². The number of hydrazine groups is 1. The molecule has 0 saturated heterocycles. The number of esters is 1. The molecule has 13 nitrogen and oxygen atoms in total. The molecular weight excluding hydrogens is 626 g/mol. The molecule has 2 aliphatic carbocycles. The molecule has 2 atom stereocenters. The topological polar surface area (TPSA) is 160 Å². The Morgan fingerprint density at radius 3 is 2.49 bits per heavy atom. The van der Waals surface area contributed by atoms with Gasteiger partial charge in [-0.1, -0.05) is 38.5 Å². The number of ether oxygens (including phenoxy) is 2. The van der Waals surface area contributed by atoms with Crippen molar-refractivity contribution in [3.63, 3.8) is 0 Å². The monoisotopic (exact) mass is 669 g/mol. The maximum Gasteiger partial charge on any atom is 0.344 e. The highest BCUT2D eigenvalue weighted by Gasteiger charge is 2.43. The van der Waals surface area contributed by atoms with Gasteiger partial charge in [-0.3, -0.25) is 29.6 Å². The van der Waals surface area contributed by atoms with Gasteiger partial charge in [-0.15, -0.1) is 0 Å². The minimum absolute atomic E-state index is 0.00931. The van der Waals surface area contributed by atoms with Crippen molar-refractivity contribution in [1.82, 2.24) is 26.0 Å². The van der Waals surface area contributed by atoms with Crippen molar-refractivity contribution in [1.29, 1.82) is 0 Å². The van der Waals surface area contributed by atoms with Gasteiger partial charge in [0, 0.05) is 23.4 Å². The van der Waals surface area contributed by atoms with Gasteiger partial charge in [0.2, 0.25) is 0 Å². The van der Waals surface area contributed by atoms with Gasteiger partial charge in [0.05, 0.1) is 5.70 Å². The Morgan fingerprint density at radius 2 is 1.85 bits per heavy atom. The molecule has 2 fully saturated rings. The average Bonchev–Trinajstić information content (AvgIpc) is 3.93. The van der Waals surface area contributed by atoms with Crippen molar-refractivity contribution in [3.8, 4) is 5.75 Å². The van der Waals surface area contributed by atoms with Crippen LogP contribution < -0.4 is 20.9 Å². The SMILES string of the molecule is CC(C)CN(C1CC1)C1SC=C(C=O)N1C(=O)NNC(=O)[C@H](CC1CC1)NC(=O)c1cc2cc(OCC(=O)OC(C)(C)C)ccc2o1. The molecule has 254 valence electrons. The fraction of sp³-hybridized carbons (Fsp3) is 0.545. The lowest BCUT2D eigenvalue weighted by Gasteiger charge is -2.36. The minimum Gasteiger partial charge on any atom is -0.482 e. The summed E-state index contributed by atoms with van der Waals surface area (Å²) in [5.41, 5.74) is 4.52. The highest BCUT2D eigenvalue weighted by Crippen LogP contribution is 2.39. The molecule has 0 bridgehead atoms. The van der Waals surface area contributed by atoms with Crippen LogP contribution in [0.3, 0.4) is 0 Å². The number of aldehydes is 1. The zero-order chi connectivity index (χ0) is 33.9. The number of furan rings is 1. The Hall–Kier alpha value is -4.04. The molecule has 1 unspecified atom stereocenters. The van der Waals surface area contributed by atoms with Gasteiger partial charge >= 0.3 is 12.0 Å². The Labute approximate surface area is 278 Å². The Morgan fingerprint density at radius 1 is 1.11 bits per heavy atom. The van der Waals surface area contributed by atoms with E-state index in [0.29, 0.717) is 41.4 Å². The first-order chi connectivity index (χ1) is 22.3. The van der Waals surface area contributed by atoms with Gasteiger partial charge in [-0.2, -0.15) is 0 Å². The lowest BCUT2D eigenvalue weighted by Crippen LogP contribution is -2.57. The summed E-state index contributed by atoms with van der Waals surface area (Å²) in [5.74, 6) is -0.673. The number of nitrogens with zero attached hydrogens (tertiary/aromatic N) is 2. The number of allylic oxidation sites excluding steroid dienone is 1. The van der Waals surface area contributed by atoms with Crippen molar-refractivity contribution in [2.45, 2.75) is 89.9 Å². The summed E-state index contributed by atoms with van der Waals surface area (Å²) in [7, 11) is 0. The lowest BCUT2D eigenvalue weighted by atomic mass is 10.1. The predicted molar refractivity (Wildman–Crippen MR) is 175 cm³/mol. The van der Waals surface area contributed by atoms with Gasteiger partial charge < -0.3 is 19.2 Å². The largest absolute Gasteiger partial charge is 0.482 e. The maximum atomic E-state index is 13.4. The fourth-order valence-electron chi connectivity index (χ4n) is 5.30. The molecule has 1 aliphatic heterocycles. The third-order valence-electron chi connectivity index (χ3n) is 7.69. The van der Waals surface area contributed by atoms with E-state index in [4.69, 9.17) is 13.9 Å². The first kappa shape index (κ1) is 34.3. The van der Waals surface area contributed by atoms with E-state index in [0.717, 1.165) is 32.2 Å². The highest BCUT2D eigenvalue weighted by atomic mass is 32.2. The molecule has 4 amide bonds. The van der Waals surface area contributed by atoms with Crippen molar-refractivity contribution < 1.29 is 37.9 Å². The molecule has 5 rings (SSSR count). The van der Waals surface area contributed by atoms with Gasteiger partial charge in [0.15, 0.2) is 18.7 Å². The summed E-state index contributed by atoms with van der Waals surface area (Å²) in [6, 6.07) is 5.17. The Kier molecular flexibility index (Phi) is 10.5. The predicted octanol–water partition coefficient (Wildman–Crippen LogP) is 4.29. The number of nitrogens with one attached hydrogen (secondary N) is 3. The van der Waals surface area contributed by atoms with Gasteiger partial charge in [-0.25, -0.2) is 15.0 Å². The number of hydrogen-bond donors (Lipinski definition) is 3. The molecule has 3 aliphatic rings. The summed E-state index contributed by atoms with van der Waals surface area (Å²) >= 11 is 1.39. The van der Waals surface area contributed by atoms with E-state index in [2.05, 4.69) is 34.9 Å². The normalized spacial score (nSPS) is 18.6. The van der Waals surface area contributed by atoms with Crippen LogP contribution in [0.1, 0.15) is 77.3 Å². The van der Waals surface area contributed by atoms with Crippen LogP contribution in [0.25, 0.3) is 11.0 Å². The second-order valence-corrected chi connectivity index (χ2v) is 14.6. The van der Waals surface area contributed by atoms with Gasteiger partial charge in [0.1, 0.15) is 28.5 Å². The van der Waals surface area contributed by atoms with E-state index in [1.807, 2.05) is 0 Å². The van der Waals surface area contributed by atoms with Crippen molar-refractivity contribution in [2.75, 3.05) is 13.2 Å². The van der Waals surface area contributed by atoms with E-state index in [1.165, 1.54) is 22.7 Å². The Bertz CT molecular complexity index is 1540. The summed E-state index contributed by atoms with van der Waals surface area (Å²) < 4.78 is 16.6. The van der Waals surface area contributed by atoms with Crippen molar-refractivity contribution in [3.05, 3.63) is 41.1 Å². The molecule has 14 heteroatoms. The fourth-order valence-corrected chi connectivity index (χ4v) is 6.48. The zero-order valence-electron chi connectivity index (χ0n) is 27.4. The van der Waals surface area contributed by atoms with Crippen LogP contribution in [0.15, 0.2) is 39.8 Å². The number of carbonyl (C=O) groups is 5.